The zero-order valence-corrected chi connectivity index (χ0v) is 16.6. The van der Waals surface area contributed by atoms with Gasteiger partial charge in [0, 0.05) is 54.4 Å². The van der Waals surface area contributed by atoms with Crippen molar-refractivity contribution in [3.05, 3.63) is 81.4 Å². The first kappa shape index (κ1) is 18.0. The molecule has 29 heavy (non-hydrogen) atoms. The van der Waals surface area contributed by atoms with E-state index < -0.39 is 0 Å². The van der Waals surface area contributed by atoms with E-state index in [-0.39, 0.29) is 5.56 Å². The molecule has 5 rings (SSSR count). The number of fused-ring (bicyclic) bond motifs is 3. The van der Waals surface area contributed by atoms with Gasteiger partial charge in [-0.2, -0.15) is 0 Å². The molecule has 0 unspecified atom stereocenters. The lowest BCUT2D eigenvalue weighted by Crippen LogP contribution is -2.22. The van der Waals surface area contributed by atoms with Gasteiger partial charge in [0.05, 0.1) is 17.8 Å². The molecule has 6 heteroatoms. The number of hydrogen-bond acceptors (Lipinski definition) is 4. The van der Waals surface area contributed by atoms with E-state index in [9.17, 15) is 4.79 Å². The quantitative estimate of drug-likeness (QED) is 0.542. The Bertz CT molecular complexity index is 1290. The van der Waals surface area contributed by atoms with Crippen LogP contribution >= 0.6 is 11.6 Å². The highest BCUT2D eigenvalue weighted by molar-refractivity contribution is 6.33. The fraction of sp³-hybridized carbons (Fsp3) is 0.174. The van der Waals surface area contributed by atoms with Crippen molar-refractivity contribution < 1.29 is 9.15 Å². The summed E-state index contributed by atoms with van der Waals surface area (Å²) in [5, 5.41) is 5.02. The summed E-state index contributed by atoms with van der Waals surface area (Å²) in [6, 6.07) is 14.8. The Hall–Kier alpha value is -3.02. The maximum atomic E-state index is 12.8. The number of benzene rings is 2. The molecule has 0 saturated carbocycles. The summed E-state index contributed by atoms with van der Waals surface area (Å²) in [6.45, 7) is 1.74. The molecule has 1 aliphatic heterocycles. The van der Waals surface area contributed by atoms with Crippen molar-refractivity contribution in [2.75, 3.05) is 13.7 Å². The van der Waals surface area contributed by atoms with Crippen LogP contribution in [-0.4, -0.2) is 18.2 Å². The summed E-state index contributed by atoms with van der Waals surface area (Å²) >= 11 is 6.36. The highest BCUT2D eigenvalue weighted by Crippen LogP contribution is 2.32. The maximum Gasteiger partial charge on any atom is 0.255 e. The molecule has 1 N–H and O–H groups in total. The zero-order valence-electron chi connectivity index (χ0n) is 15.9. The van der Waals surface area contributed by atoms with E-state index >= 15 is 0 Å². The van der Waals surface area contributed by atoms with Crippen LogP contribution in [0.5, 0.6) is 5.75 Å². The van der Waals surface area contributed by atoms with Crippen LogP contribution in [0, 0.1) is 0 Å². The molecule has 4 aromatic rings. The van der Waals surface area contributed by atoms with E-state index in [0.29, 0.717) is 10.8 Å². The zero-order chi connectivity index (χ0) is 20.0. The van der Waals surface area contributed by atoms with Crippen LogP contribution in [0.3, 0.4) is 0 Å². The molecule has 0 spiro atoms. The Morgan fingerprint density at radius 2 is 2.03 bits per heavy atom. The lowest BCUT2D eigenvalue weighted by atomic mass is 10.1. The average molecular weight is 407 g/mol. The van der Waals surface area contributed by atoms with Gasteiger partial charge in [-0.25, -0.2) is 0 Å². The van der Waals surface area contributed by atoms with Crippen LogP contribution in [0.25, 0.3) is 27.8 Å². The third-order valence-corrected chi connectivity index (χ3v) is 5.69. The van der Waals surface area contributed by atoms with Gasteiger partial charge in [0.2, 0.25) is 0 Å². The summed E-state index contributed by atoms with van der Waals surface area (Å²) in [5.41, 5.74) is 4.22. The third kappa shape index (κ3) is 3.12. The molecular weight excluding hydrogens is 388 g/mol. The fourth-order valence-electron chi connectivity index (χ4n) is 3.87. The summed E-state index contributed by atoms with van der Waals surface area (Å²) in [7, 11) is 1.59. The number of nitrogens with one attached hydrogen (secondary N) is 1. The van der Waals surface area contributed by atoms with Gasteiger partial charge in [0.15, 0.2) is 0 Å². The van der Waals surface area contributed by atoms with Crippen molar-refractivity contribution in [1.29, 1.82) is 0 Å². The number of hydrogen-bond donors (Lipinski definition) is 1. The van der Waals surface area contributed by atoms with Crippen molar-refractivity contribution >= 4 is 22.6 Å². The molecule has 5 nitrogen and oxygen atoms in total. The first-order valence-electron chi connectivity index (χ1n) is 9.46. The monoisotopic (exact) mass is 406 g/mol. The number of rotatable bonds is 3. The second-order valence-corrected chi connectivity index (χ2v) is 7.49. The van der Waals surface area contributed by atoms with Crippen LogP contribution in [0.2, 0.25) is 5.02 Å². The van der Waals surface area contributed by atoms with Crippen molar-refractivity contribution in [1.82, 2.24) is 9.88 Å². The molecule has 2 aromatic carbocycles. The Kier molecular flexibility index (Phi) is 4.42. The number of aromatic nitrogens is 1. The molecule has 0 radical (unpaired) electrons. The van der Waals surface area contributed by atoms with E-state index in [1.807, 2.05) is 36.4 Å². The normalized spacial score (nSPS) is 13.4. The second-order valence-electron chi connectivity index (χ2n) is 7.08. The van der Waals surface area contributed by atoms with Crippen LogP contribution in [0.15, 0.2) is 63.9 Å². The highest BCUT2D eigenvalue weighted by Gasteiger charge is 2.18. The smallest absolute Gasteiger partial charge is 0.255 e. The molecule has 1 aliphatic rings. The molecular formula is C23H19ClN2O3. The number of ether oxygens (including phenoxy) is 1. The Morgan fingerprint density at radius 1 is 1.14 bits per heavy atom. The third-order valence-electron chi connectivity index (χ3n) is 5.38. The minimum atomic E-state index is -0.133. The molecule has 3 heterocycles. The summed E-state index contributed by atoms with van der Waals surface area (Å²) < 4.78 is 12.8. The first-order valence-corrected chi connectivity index (χ1v) is 9.84. The topological polar surface area (TPSA) is 56.4 Å². The molecule has 0 fully saturated rings. The predicted octanol–water partition coefficient (Wildman–Crippen LogP) is 4.56. The Morgan fingerprint density at radius 3 is 2.83 bits per heavy atom. The van der Waals surface area contributed by atoms with Gasteiger partial charge in [0.1, 0.15) is 17.1 Å². The number of nitrogens with zero attached hydrogens (tertiary/aromatic N) is 1. The summed E-state index contributed by atoms with van der Waals surface area (Å²) in [6.07, 6.45) is 2.65. The number of methoxy groups -OCH3 is 1. The van der Waals surface area contributed by atoms with Crippen molar-refractivity contribution in [3.63, 3.8) is 0 Å². The Balaban J connectivity index is 1.54. The second kappa shape index (κ2) is 7.10. The van der Waals surface area contributed by atoms with Gasteiger partial charge < -0.3 is 14.5 Å². The number of halogens is 1. The van der Waals surface area contributed by atoms with Crippen molar-refractivity contribution in [3.8, 4) is 22.6 Å². The molecule has 0 bridgehead atoms. The fourth-order valence-corrected chi connectivity index (χ4v) is 4.15. The van der Waals surface area contributed by atoms with Gasteiger partial charge in [-0.3, -0.25) is 9.36 Å². The van der Waals surface area contributed by atoms with E-state index in [1.165, 1.54) is 5.56 Å². The number of furan rings is 1. The van der Waals surface area contributed by atoms with Gasteiger partial charge in [-0.05, 0) is 42.0 Å². The van der Waals surface area contributed by atoms with Crippen molar-refractivity contribution in [2.24, 2.45) is 0 Å². The largest absolute Gasteiger partial charge is 0.497 e. The van der Waals surface area contributed by atoms with Gasteiger partial charge >= 0.3 is 0 Å². The molecule has 2 aromatic heterocycles. The standard InChI is InChI=1S/C23H19ClN2O3/c1-28-16-3-5-17(20(24)12-16)14-7-9-26(23(27)10-14)15-2-4-18-19-13-25-8-6-21(19)29-22(18)11-15/h2-5,7,9-12,25H,6,8,13H2,1H3. The average Bonchev–Trinajstić information content (AvgIpc) is 3.11. The predicted molar refractivity (Wildman–Crippen MR) is 114 cm³/mol. The molecule has 0 aliphatic carbocycles. The molecule has 146 valence electrons. The van der Waals surface area contributed by atoms with Gasteiger partial charge in [-0.15, -0.1) is 0 Å². The molecule has 0 saturated heterocycles. The highest BCUT2D eigenvalue weighted by atomic mass is 35.5. The van der Waals surface area contributed by atoms with E-state index in [1.54, 1.807) is 30.0 Å². The number of pyridine rings is 1. The summed E-state index contributed by atoms with van der Waals surface area (Å²) in [5.74, 6) is 1.71. The minimum Gasteiger partial charge on any atom is -0.497 e. The van der Waals surface area contributed by atoms with E-state index in [0.717, 1.165) is 53.1 Å². The Labute approximate surface area is 172 Å². The minimum absolute atomic E-state index is 0.133. The van der Waals surface area contributed by atoms with E-state index in [2.05, 4.69) is 5.32 Å². The van der Waals surface area contributed by atoms with Crippen LogP contribution in [0.1, 0.15) is 11.3 Å². The van der Waals surface area contributed by atoms with Gasteiger partial charge in [-0.1, -0.05) is 11.6 Å². The molecule has 0 atom stereocenters. The van der Waals surface area contributed by atoms with Crippen LogP contribution in [0.4, 0.5) is 0 Å². The van der Waals surface area contributed by atoms with Crippen LogP contribution < -0.4 is 15.6 Å². The first-order chi connectivity index (χ1) is 14.1. The van der Waals surface area contributed by atoms with E-state index in [4.69, 9.17) is 20.8 Å². The summed E-state index contributed by atoms with van der Waals surface area (Å²) in [4.78, 5) is 12.8. The van der Waals surface area contributed by atoms with Crippen LogP contribution in [-0.2, 0) is 13.0 Å². The SMILES string of the molecule is COc1ccc(-c2ccn(-c3ccc4c5c(oc4c3)CCNC5)c(=O)c2)c(Cl)c1. The van der Waals surface area contributed by atoms with Gasteiger partial charge in [0.25, 0.3) is 5.56 Å². The van der Waals surface area contributed by atoms with Crippen molar-refractivity contribution in [2.45, 2.75) is 13.0 Å². The molecule has 0 amide bonds. The lowest BCUT2D eigenvalue weighted by molar-refractivity contribution is 0.415. The lowest BCUT2D eigenvalue weighted by Gasteiger charge is -2.11. The maximum absolute atomic E-state index is 12.8.